The lowest BCUT2D eigenvalue weighted by Crippen LogP contribution is -2.45. The fourth-order valence-corrected chi connectivity index (χ4v) is 3.94. The second-order valence-corrected chi connectivity index (χ2v) is 7.31. The molecule has 26 heavy (non-hydrogen) atoms. The van der Waals surface area contributed by atoms with Gasteiger partial charge in [0.1, 0.15) is 11.9 Å². The van der Waals surface area contributed by atoms with Gasteiger partial charge in [0.25, 0.3) is 0 Å². The highest BCUT2D eigenvalue weighted by Gasteiger charge is 2.29. The Morgan fingerprint density at radius 2 is 2.08 bits per heavy atom. The van der Waals surface area contributed by atoms with Crippen molar-refractivity contribution >= 4 is 17.4 Å². The molecule has 1 heterocycles. The molecule has 0 bridgehead atoms. The molecule has 136 valence electrons. The summed E-state index contributed by atoms with van der Waals surface area (Å²) < 4.78 is 6.04. The van der Waals surface area contributed by atoms with Crippen LogP contribution >= 0.6 is 0 Å². The number of hydrogen-bond acceptors (Lipinski definition) is 2. The Morgan fingerprint density at radius 3 is 2.92 bits per heavy atom. The van der Waals surface area contributed by atoms with Crippen molar-refractivity contribution in [2.24, 2.45) is 0 Å². The monoisotopic (exact) mass is 350 g/mol. The van der Waals surface area contributed by atoms with Crippen LogP contribution in [0.25, 0.3) is 0 Å². The van der Waals surface area contributed by atoms with E-state index in [0.717, 1.165) is 42.0 Å². The highest BCUT2D eigenvalue weighted by Crippen LogP contribution is 2.36. The van der Waals surface area contributed by atoms with Crippen molar-refractivity contribution in [1.29, 1.82) is 0 Å². The quantitative estimate of drug-likeness (QED) is 0.820. The largest absolute Gasteiger partial charge is 0.486 e. The van der Waals surface area contributed by atoms with E-state index in [9.17, 15) is 4.79 Å². The van der Waals surface area contributed by atoms with Crippen molar-refractivity contribution in [3.05, 3.63) is 53.1 Å². The number of aryl methyl sites for hydroxylation is 2. The van der Waals surface area contributed by atoms with E-state index in [4.69, 9.17) is 4.74 Å². The molecule has 0 fully saturated rings. The van der Waals surface area contributed by atoms with Crippen molar-refractivity contribution in [1.82, 2.24) is 0 Å². The fourth-order valence-electron chi connectivity index (χ4n) is 3.94. The summed E-state index contributed by atoms with van der Waals surface area (Å²) in [4.78, 5) is 15.0. The molecule has 2 aromatic rings. The van der Waals surface area contributed by atoms with E-state index in [0.29, 0.717) is 6.54 Å². The van der Waals surface area contributed by atoms with Gasteiger partial charge in [-0.25, -0.2) is 4.79 Å². The molecule has 0 saturated carbocycles. The molecule has 4 rings (SSSR count). The van der Waals surface area contributed by atoms with Crippen molar-refractivity contribution in [2.75, 3.05) is 16.8 Å². The van der Waals surface area contributed by atoms with Crippen LogP contribution in [0.3, 0.4) is 0 Å². The predicted molar refractivity (Wildman–Crippen MR) is 105 cm³/mol. The molecule has 4 heteroatoms. The Balaban J connectivity index is 1.63. The van der Waals surface area contributed by atoms with Gasteiger partial charge in [-0.15, -0.1) is 0 Å². The minimum absolute atomic E-state index is 0.0284. The van der Waals surface area contributed by atoms with Crippen molar-refractivity contribution in [2.45, 2.75) is 52.1 Å². The van der Waals surface area contributed by atoms with Crippen LogP contribution in [-0.2, 0) is 12.8 Å². The molecule has 1 N–H and O–H groups in total. The number of hydrogen-bond donors (Lipinski definition) is 1. The van der Waals surface area contributed by atoms with E-state index >= 15 is 0 Å². The Kier molecular flexibility index (Phi) is 4.58. The topological polar surface area (TPSA) is 41.6 Å². The number of carbonyl (C=O) groups excluding carboxylic acids is 1. The zero-order valence-electron chi connectivity index (χ0n) is 15.5. The van der Waals surface area contributed by atoms with E-state index in [1.54, 1.807) is 0 Å². The van der Waals surface area contributed by atoms with E-state index in [2.05, 4.69) is 18.3 Å². The number of urea groups is 1. The predicted octanol–water partition coefficient (Wildman–Crippen LogP) is 5.08. The summed E-state index contributed by atoms with van der Waals surface area (Å²) in [6.07, 6.45) is 5.48. The van der Waals surface area contributed by atoms with Crippen molar-refractivity contribution in [3.8, 4) is 5.75 Å². The van der Waals surface area contributed by atoms with E-state index < -0.39 is 0 Å². The minimum atomic E-state index is -0.0717. The third-order valence-corrected chi connectivity index (χ3v) is 5.42. The second-order valence-electron chi connectivity index (χ2n) is 7.31. The van der Waals surface area contributed by atoms with Gasteiger partial charge < -0.3 is 10.1 Å². The summed E-state index contributed by atoms with van der Waals surface area (Å²) in [7, 11) is 0. The Morgan fingerprint density at radius 1 is 1.23 bits per heavy atom. The van der Waals surface area contributed by atoms with Gasteiger partial charge in [-0.3, -0.25) is 4.90 Å². The summed E-state index contributed by atoms with van der Waals surface area (Å²) in [5.41, 5.74) is 5.62. The maximum atomic E-state index is 13.1. The maximum absolute atomic E-state index is 13.1. The highest BCUT2D eigenvalue weighted by atomic mass is 16.5. The van der Waals surface area contributed by atoms with Crippen molar-refractivity contribution < 1.29 is 9.53 Å². The van der Waals surface area contributed by atoms with E-state index in [1.807, 2.05) is 42.2 Å². The highest BCUT2D eigenvalue weighted by molar-refractivity contribution is 6.03. The first-order valence-electron chi connectivity index (χ1n) is 9.62. The molecule has 0 unspecified atom stereocenters. The normalized spacial score (nSPS) is 18.5. The lowest BCUT2D eigenvalue weighted by molar-refractivity contribution is 0.188. The standard InChI is InChI=1S/C22H26N2O2/c1-3-17-14-24(20-13-15(2)11-12-21(20)26-17)22(25)23-19-10-6-8-16-7-4-5-9-18(16)19/h6,8,10-13,17H,3-5,7,9,14H2,1-2H3,(H,23,25)/t17-/m0/s1. The fraction of sp³-hybridized carbons (Fsp3) is 0.409. The Hall–Kier alpha value is -2.49. The summed E-state index contributed by atoms with van der Waals surface area (Å²) in [5, 5.41) is 3.18. The zero-order chi connectivity index (χ0) is 18.1. The average Bonchev–Trinajstić information content (AvgIpc) is 2.67. The number of benzene rings is 2. The molecule has 1 aliphatic heterocycles. The van der Waals surface area contributed by atoms with Gasteiger partial charge in [0.15, 0.2) is 0 Å². The molecule has 0 radical (unpaired) electrons. The van der Waals surface area contributed by atoms with Crippen LogP contribution in [-0.4, -0.2) is 18.7 Å². The van der Waals surface area contributed by atoms with Gasteiger partial charge in [-0.2, -0.15) is 0 Å². The number of anilines is 2. The first kappa shape index (κ1) is 17.0. The van der Waals surface area contributed by atoms with Crippen LogP contribution in [0, 0.1) is 6.92 Å². The molecule has 4 nitrogen and oxygen atoms in total. The molecule has 2 aliphatic rings. The smallest absolute Gasteiger partial charge is 0.326 e. The van der Waals surface area contributed by atoms with E-state index in [-0.39, 0.29) is 12.1 Å². The Labute approximate surface area is 155 Å². The van der Waals surface area contributed by atoms with Gasteiger partial charge in [-0.05, 0) is 73.9 Å². The number of fused-ring (bicyclic) bond motifs is 2. The zero-order valence-corrected chi connectivity index (χ0v) is 15.5. The summed E-state index contributed by atoms with van der Waals surface area (Å²) in [6.45, 7) is 4.71. The second kappa shape index (κ2) is 7.02. The Bertz CT molecular complexity index is 831. The number of amides is 2. The first-order chi connectivity index (χ1) is 12.7. The molecular weight excluding hydrogens is 324 g/mol. The number of ether oxygens (including phenoxy) is 1. The van der Waals surface area contributed by atoms with Crippen LogP contribution < -0.4 is 15.0 Å². The van der Waals surface area contributed by atoms with Crippen LogP contribution in [0.2, 0.25) is 0 Å². The van der Waals surface area contributed by atoms with Crippen LogP contribution in [0.1, 0.15) is 42.9 Å². The SMILES string of the molecule is CC[C@H]1CN(C(=O)Nc2cccc3c2CCCC3)c2cc(C)ccc2O1. The number of rotatable bonds is 2. The number of nitrogens with zero attached hydrogens (tertiary/aromatic N) is 1. The third-order valence-electron chi connectivity index (χ3n) is 5.42. The molecule has 1 atom stereocenters. The molecule has 1 aliphatic carbocycles. The van der Waals surface area contributed by atoms with Gasteiger partial charge in [0, 0.05) is 5.69 Å². The first-order valence-corrected chi connectivity index (χ1v) is 9.62. The minimum Gasteiger partial charge on any atom is -0.486 e. The van der Waals surface area contributed by atoms with Crippen LogP contribution in [0.5, 0.6) is 5.75 Å². The number of nitrogens with one attached hydrogen (secondary N) is 1. The maximum Gasteiger partial charge on any atom is 0.326 e. The molecule has 2 aromatic carbocycles. The van der Waals surface area contributed by atoms with Gasteiger partial charge >= 0.3 is 6.03 Å². The third kappa shape index (κ3) is 3.16. The lowest BCUT2D eigenvalue weighted by atomic mass is 9.90. The summed E-state index contributed by atoms with van der Waals surface area (Å²) in [6, 6.07) is 12.2. The average molecular weight is 350 g/mol. The van der Waals surface area contributed by atoms with E-state index in [1.165, 1.54) is 24.0 Å². The van der Waals surface area contributed by atoms with Crippen molar-refractivity contribution in [3.63, 3.8) is 0 Å². The van der Waals surface area contributed by atoms with Crippen LogP contribution in [0.4, 0.5) is 16.2 Å². The summed E-state index contributed by atoms with van der Waals surface area (Å²) in [5.74, 6) is 0.791. The molecule has 0 saturated heterocycles. The van der Waals surface area contributed by atoms with Gasteiger partial charge in [0.05, 0.1) is 12.2 Å². The van der Waals surface area contributed by atoms with Gasteiger partial charge in [-0.1, -0.05) is 25.1 Å². The molecule has 0 aromatic heterocycles. The van der Waals surface area contributed by atoms with Crippen LogP contribution in [0.15, 0.2) is 36.4 Å². The molecule has 2 amide bonds. The molecular formula is C22H26N2O2. The number of carbonyl (C=O) groups is 1. The lowest BCUT2D eigenvalue weighted by Gasteiger charge is -2.35. The van der Waals surface area contributed by atoms with Gasteiger partial charge in [0.2, 0.25) is 0 Å². The molecule has 0 spiro atoms. The summed E-state index contributed by atoms with van der Waals surface area (Å²) >= 11 is 0.